The van der Waals surface area contributed by atoms with Gasteiger partial charge in [-0.2, -0.15) is 4.57 Å². The normalized spacial score (nSPS) is 16.5. The molecule has 2 aromatic carbocycles. The van der Waals surface area contributed by atoms with Crippen molar-refractivity contribution in [3.63, 3.8) is 0 Å². The lowest BCUT2D eigenvalue weighted by atomic mass is 9.84. The Labute approximate surface area is 185 Å². The molecule has 30 heavy (non-hydrogen) atoms. The Morgan fingerprint density at radius 3 is 2.47 bits per heavy atom. The van der Waals surface area contributed by atoms with E-state index in [4.69, 9.17) is 0 Å². The van der Waals surface area contributed by atoms with E-state index in [1.165, 1.54) is 64.3 Å². The maximum absolute atomic E-state index is 2.60. The highest BCUT2D eigenvalue weighted by Crippen LogP contribution is 2.48. The van der Waals surface area contributed by atoms with E-state index in [9.17, 15) is 0 Å². The van der Waals surface area contributed by atoms with Crippen molar-refractivity contribution in [1.82, 2.24) is 0 Å². The van der Waals surface area contributed by atoms with Gasteiger partial charge in [-0.1, -0.05) is 88.1 Å². The van der Waals surface area contributed by atoms with Crippen LogP contribution in [-0.2, 0) is 12.0 Å². The van der Waals surface area contributed by atoms with Crippen molar-refractivity contribution in [3.8, 4) is 0 Å². The number of unbranched alkanes of at least 4 members (excludes halogenated alkanes) is 4. The number of hydrogen-bond donors (Lipinski definition) is 0. The Morgan fingerprint density at radius 1 is 0.933 bits per heavy atom. The van der Waals surface area contributed by atoms with Gasteiger partial charge in [0.25, 0.3) is 5.01 Å². The van der Waals surface area contributed by atoms with Crippen LogP contribution in [0.4, 0.5) is 5.69 Å². The van der Waals surface area contributed by atoms with E-state index in [0.717, 1.165) is 13.1 Å². The summed E-state index contributed by atoms with van der Waals surface area (Å²) in [6.07, 6.45) is 9.04. The van der Waals surface area contributed by atoms with E-state index in [2.05, 4.69) is 91.8 Å². The minimum atomic E-state index is 0.0156. The number of anilines is 1. The van der Waals surface area contributed by atoms with Crippen LogP contribution in [0.25, 0.3) is 16.3 Å². The van der Waals surface area contributed by atoms with Crippen LogP contribution in [0.2, 0.25) is 0 Å². The molecule has 1 aromatic heterocycles. The Kier molecular flexibility index (Phi) is 6.29. The molecule has 2 heterocycles. The lowest BCUT2D eigenvalue weighted by Gasteiger charge is -2.26. The van der Waals surface area contributed by atoms with E-state index in [1.807, 2.05) is 11.3 Å². The summed E-state index contributed by atoms with van der Waals surface area (Å²) in [6.45, 7) is 11.4. The number of rotatable bonds is 8. The van der Waals surface area contributed by atoms with E-state index in [0.29, 0.717) is 0 Å². The third-order valence-electron chi connectivity index (χ3n) is 6.50. The van der Waals surface area contributed by atoms with Crippen LogP contribution >= 0.6 is 11.3 Å². The van der Waals surface area contributed by atoms with Crippen molar-refractivity contribution >= 4 is 33.3 Å². The summed E-state index contributed by atoms with van der Waals surface area (Å²) >= 11 is 1.91. The predicted octanol–water partition coefficient (Wildman–Crippen LogP) is 7.32. The molecule has 0 unspecified atom stereocenters. The molecular weight excluding hydrogens is 384 g/mol. The fourth-order valence-corrected chi connectivity index (χ4v) is 5.98. The quantitative estimate of drug-likeness (QED) is 0.274. The monoisotopic (exact) mass is 419 g/mol. The van der Waals surface area contributed by atoms with Crippen LogP contribution in [-0.4, -0.2) is 6.54 Å². The Bertz CT molecular complexity index is 1040. The zero-order valence-electron chi connectivity index (χ0n) is 18.9. The van der Waals surface area contributed by atoms with Crippen molar-refractivity contribution in [2.45, 2.75) is 71.8 Å². The lowest BCUT2D eigenvalue weighted by Crippen LogP contribution is -2.34. The van der Waals surface area contributed by atoms with Gasteiger partial charge in [0.1, 0.15) is 11.2 Å². The van der Waals surface area contributed by atoms with Crippen LogP contribution < -0.4 is 9.47 Å². The average Bonchev–Trinajstić information content (AvgIpc) is 3.21. The number of para-hydroxylation sites is 2. The second kappa shape index (κ2) is 8.93. The number of nitrogens with zero attached hydrogens (tertiary/aromatic N) is 2. The third kappa shape index (κ3) is 3.80. The van der Waals surface area contributed by atoms with Crippen LogP contribution in [0.15, 0.2) is 54.2 Å². The molecule has 0 N–H and O–H groups in total. The van der Waals surface area contributed by atoms with Gasteiger partial charge in [0, 0.05) is 35.5 Å². The van der Waals surface area contributed by atoms with Gasteiger partial charge < -0.3 is 4.90 Å². The first-order valence-electron chi connectivity index (χ1n) is 11.6. The van der Waals surface area contributed by atoms with Crippen LogP contribution in [0, 0.1) is 0 Å². The molecule has 0 bridgehead atoms. The van der Waals surface area contributed by atoms with Gasteiger partial charge in [0.15, 0.2) is 0 Å². The van der Waals surface area contributed by atoms with Gasteiger partial charge in [-0.3, -0.25) is 0 Å². The highest BCUT2D eigenvalue weighted by atomic mass is 32.1. The molecule has 0 amide bonds. The number of hydrogen-bond acceptors (Lipinski definition) is 2. The van der Waals surface area contributed by atoms with E-state index in [-0.39, 0.29) is 5.41 Å². The Balaban J connectivity index is 1.74. The minimum absolute atomic E-state index is 0.0156. The summed E-state index contributed by atoms with van der Waals surface area (Å²) in [6, 6.07) is 17.8. The zero-order chi connectivity index (χ0) is 21.1. The maximum atomic E-state index is 2.60. The van der Waals surface area contributed by atoms with Crippen LogP contribution in [0.5, 0.6) is 0 Å². The van der Waals surface area contributed by atoms with E-state index < -0.39 is 0 Å². The molecule has 2 nitrogen and oxygen atoms in total. The first-order valence-corrected chi connectivity index (χ1v) is 12.4. The second-order valence-corrected chi connectivity index (χ2v) is 9.95. The molecule has 1 aliphatic rings. The zero-order valence-corrected chi connectivity index (χ0v) is 19.8. The highest BCUT2D eigenvalue weighted by Gasteiger charge is 2.40. The van der Waals surface area contributed by atoms with E-state index >= 15 is 0 Å². The molecule has 1 aliphatic heterocycles. The fraction of sp³-hybridized carbons (Fsp3) is 0.444. The predicted molar refractivity (Wildman–Crippen MR) is 131 cm³/mol. The second-order valence-electron chi connectivity index (χ2n) is 8.89. The molecule has 0 saturated carbocycles. The van der Waals surface area contributed by atoms with Gasteiger partial charge >= 0.3 is 0 Å². The van der Waals surface area contributed by atoms with Gasteiger partial charge in [-0.25, -0.2) is 0 Å². The summed E-state index contributed by atoms with van der Waals surface area (Å²) in [5, 5.41) is 1.35. The maximum Gasteiger partial charge on any atom is 0.264 e. The molecule has 4 rings (SSSR count). The lowest BCUT2D eigenvalue weighted by molar-refractivity contribution is -0.665. The topological polar surface area (TPSA) is 7.12 Å². The number of fused-ring (bicyclic) bond motifs is 2. The number of aryl methyl sites for hydroxylation is 1. The van der Waals surface area contributed by atoms with Crippen LogP contribution in [0.3, 0.4) is 0 Å². The Morgan fingerprint density at radius 2 is 1.67 bits per heavy atom. The Hall–Kier alpha value is -2.13. The van der Waals surface area contributed by atoms with Crippen molar-refractivity contribution in [2.75, 3.05) is 11.4 Å². The van der Waals surface area contributed by atoms with Gasteiger partial charge in [-0.05, 0) is 31.0 Å². The van der Waals surface area contributed by atoms with Crippen LogP contribution in [0.1, 0.15) is 70.4 Å². The summed E-state index contributed by atoms with van der Waals surface area (Å²) in [5.74, 6) is 0. The average molecular weight is 420 g/mol. The summed E-state index contributed by atoms with van der Waals surface area (Å²) in [4.78, 5) is 2.60. The molecule has 0 spiro atoms. The summed E-state index contributed by atoms with van der Waals surface area (Å²) in [5.41, 5.74) is 5.65. The molecule has 158 valence electrons. The fourth-order valence-electron chi connectivity index (χ4n) is 4.82. The molecule has 0 fully saturated rings. The van der Waals surface area contributed by atoms with Gasteiger partial charge in [-0.15, -0.1) is 0 Å². The molecule has 0 atom stereocenters. The highest BCUT2D eigenvalue weighted by molar-refractivity contribution is 7.18. The van der Waals surface area contributed by atoms with Crippen molar-refractivity contribution in [1.29, 1.82) is 0 Å². The molecule has 0 radical (unpaired) electrons. The standard InChI is InChI=1S/C27H35N2S/c1-5-7-8-9-14-19-29-22-16-11-10-15-21(22)27(3,4)25(29)20-26-28(6-2)23-17-12-13-18-24(23)30-26/h10-13,15-18,20H,5-9,14,19H2,1-4H3/q+1. The number of benzene rings is 2. The van der Waals surface area contributed by atoms with Crippen molar-refractivity contribution in [3.05, 3.63) is 64.8 Å². The molecule has 3 aromatic rings. The largest absolute Gasteiger partial charge is 0.344 e. The smallest absolute Gasteiger partial charge is 0.264 e. The van der Waals surface area contributed by atoms with Gasteiger partial charge in [0.2, 0.25) is 5.52 Å². The third-order valence-corrected chi connectivity index (χ3v) is 7.61. The molecular formula is C27H35N2S+. The minimum Gasteiger partial charge on any atom is -0.344 e. The van der Waals surface area contributed by atoms with E-state index in [1.54, 1.807) is 0 Å². The number of allylic oxidation sites excluding steroid dienone is 1. The summed E-state index contributed by atoms with van der Waals surface area (Å²) < 4.78 is 3.83. The first-order chi connectivity index (χ1) is 14.6. The van der Waals surface area contributed by atoms with Crippen molar-refractivity contribution < 1.29 is 4.57 Å². The summed E-state index contributed by atoms with van der Waals surface area (Å²) in [7, 11) is 0. The molecule has 0 aliphatic carbocycles. The number of thiazole rings is 1. The number of aromatic nitrogens is 1. The van der Waals surface area contributed by atoms with Gasteiger partial charge in [0.05, 0.1) is 0 Å². The molecule has 3 heteroatoms. The SMILES string of the molecule is CCCCCCCN1C(=Cc2sc3ccccc3[n+]2CC)C(C)(C)c2ccccc21. The first kappa shape index (κ1) is 21.1. The van der Waals surface area contributed by atoms with Crippen molar-refractivity contribution in [2.24, 2.45) is 0 Å². The molecule has 0 saturated heterocycles.